The number of hydrogen-bond acceptors (Lipinski definition) is 2. The van der Waals surface area contributed by atoms with Gasteiger partial charge < -0.3 is 4.74 Å². The summed E-state index contributed by atoms with van der Waals surface area (Å²) in [7, 11) is 0. The van der Waals surface area contributed by atoms with Crippen molar-refractivity contribution in [1.82, 2.24) is 0 Å². The van der Waals surface area contributed by atoms with Gasteiger partial charge in [-0.3, -0.25) is 4.79 Å². The summed E-state index contributed by atoms with van der Waals surface area (Å²) >= 11 is 5.54. The number of carbonyl (C=O) groups excluding carboxylic acids is 1. The molecule has 1 aromatic rings. The number of halogens is 1. The van der Waals surface area contributed by atoms with Gasteiger partial charge in [0.05, 0.1) is 6.61 Å². The second-order valence-electron chi connectivity index (χ2n) is 3.18. The van der Waals surface area contributed by atoms with Crippen LogP contribution in [0.1, 0.15) is 30.1 Å². The molecule has 3 heteroatoms. The normalized spacial score (nSPS) is 10.0. The summed E-state index contributed by atoms with van der Waals surface area (Å²) in [5.74, 6) is 1.39. The highest BCUT2D eigenvalue weighted by Gasteiger charge is 2.05. The lowest BCUT2D eigenvalue weighted by Gasteiger charge is -2.04. The zero-order chi connectivity index (χ0) is 11.1. The van der Waals surface area contributed by atoms with Crippen molar-refractivity contribution in [2.75, 3.05) is 12.5 Å². The highest BCUT2D eigenvalue weighted by molar-refractivity contribution is 6.18. The van der Waals surface area contributed by atoms with Crippen LogP contribution >= 0.6 is 11.6 Å². The monoisotopic (exact) mass is 226 g/mol. The number of Topliss-reactive ketones (excluding diaryl/α,β-unsaturated/α-hetero) is 1. The van der Waals surface area contributed by atoms with Crippen LogP contribution < -0.4 is 4.74 Å². The van der Waals surface area contributed by atoms with Gasteiger partial charge in [-0.15, -0.1) is 11.6 Å². The van der Waals surface area contributed by atoms with Crippen molar-refractivity contribution >= 4 is 17.4 Å². The first-order chi connectivity index (χ1) is 7.27. The third-order valence-electron chi connectivity index (χ3n) is 2.00. The molecule has 2 nitrogen and oxygen atoms in total. The molecule has 0 fully saturated rings. The molecule has 0 aliphatic carbocycles. The summed E-state index contributed by atoms with van der Waals surface area (Å²) < 4.78 is 5.32. The number of carbonyl (C=O) groups is 1. The van der Waals surface area contributed by atoms with E-state index in [0.717, 1.165) is 12.2 Å². The van der Waals surface area contributed by atoms with Crippen LogP contribution in [0.2, 0.25) is 0 Å². The average molecular weight is 227 g/mol. The summed E-state index contributed by atoms with van der Waals surface area (Å²) in [4.78, 5) is 11.6. The van der Waals surface area contributed by atoms with E-state index in [1.807, 2.05) is 19.1 Å². The Morgan fingerprint density at radius 1 is 1.47 bits per heavy atom. The first kappa shape index (κ1) is 12.1. The van der Waals surface area contributed by atoms with E-state index in [0.29, 0.717) is 24.5 Å². The summed E-state index contributed by atoms with van der Waals surface area (Å²) in [6, 6.07) is 7.26. The number of ether oxygens (including phenoxy) is 1. The highest BCUT2D eigenvalue weighted by atomic mass is 35.5. The van der Waals surface area contributed by atoms with Crippen LogP contribution in [0.3, 0.4) is 0 Å². The molecule has 0 atom stereocenters. The van der Waals surface area contributed by atoms with Crippen LogP contribution in [0.5, 0.6) is 5.75 Å². The standard InChI is InChI=1S/C12H15ClO2/c1-2-15-11-6-3-5-10(9-11)12(14)7-4-8-13/h3,5-6,9H,2,4,7-8H2,1H3. The van der Waals surface area contributed by atoms with Gasteiger partial charge in [0.25, 0.3) is 0 Å². The van der Waals surface area contributed by atoms with Crippen LogP contribution in [-0.2, 0) is 0 Å². The fourth-order valence-electron chi connectivity index (χ4n) is 1.30. The molecule has 0 aliphatic rings. The summed E-state index contributed by atoms with van der Waals surface area (Å²) in [5.41, 5.74) is 0.700. The lowest BCUT2D eigenvalue weighted by atomic mass is 10.1. The van der Waals surface area contributed by atoms with Gasteiger partial charge in [-0.25, -0.2) is 0 Å². The molecule has 0 spiro atoms. The van der Waals surface area contributed by atoms with Gasteiger partial charge in [0.15, 0.2) is 5.78 Å². The lowest BCUT2D eigenvalue weighted by molar-refractivity contribution is 0.0981. The largest absolute Gasteiger partial charge is 0.494 e. The van der Waals surface area contributed by atoms with Gasteiger partial charge in [-0.1, -0.05) is 12.1 Å². The molecule has 0 N–H and O–H groups in total. The Labute approximate surface area is 95.2 Å². The molecule has 0 bridgehead atoms. The number of hydrogen-bond donors (Lipinski definition) is 0. The molecule has 0 heterocycles. The molecule has 0 aliphatic heterocycles. The van der Waals surface area contributed by atoms with Gasteiger partial charge in [0.2, 0.25) is 0 Å². The minimum absolute atomic E-state index is 0.122. The Morgan fingerprint density at radius 3 is 2.93 bits per heavy atom. The van der Waals surface area contributed by atoms with Crippen molar-refractivity contribution in [1.29, 1.82) is 0 Å². The molecule has 0 amide bonds. The van der Waals surface area contributed by atoms with Crippen LogP contribution in [0, 0.1) is 0 Å². The Bertz CT molecular complexity index is 323. The predicted octanol–water partition coefficient (Wildman–Crippen LogP) is 3.29. The maximum Gasteiger partial charge on any atom is 0.163 e. The van der Waals surface area contributed by atoms with E-state index in [2.05, 4.69) is 0 Å². The molecular formula is C12H15ClO2. The number of ketones is 1. The second kappa shape index (κ2) is 6.46. The van der Waals surface area contributed by atoms with E-state index in [1.54, 1.807) is 12.1 Å². The van der Waals surface area contributed by atoms with Crippen LogP contribution in [0.15, 0.2) is 24.3 Å². The minimum Gasteiger partial charge on any atom is -0.494 e. The maximum absolute atomic E-state index is 11.6. The molecule has 1 aromatic carbocycles. The van der Waals surface area contributed by atoms with Gasteiger partial charge >= 0.3 is 0 Å². The molecule has 15 heavy (non-hydrogen) atoms. The zero-order valence-electron chi connectivity index (χ0n) is 8.83. The van der Waals surface area contributed by atoms with E-state index in [1.165, 1.54) is 0 Å². The molecule has 82 valence electrons. The fraction of sp³-hybridized carbons (Fsp3) is 0.417. The number of alkyl halides is 1. The van der Waals surface area contributed by atoms with Gasteiger partial charge in [0.1, 0.15) is 5.75 Å². The van der Waals surface area contributed by atoms with Crippen molar-refractivity contribution in [2.24, 2.45) is 0 Å². The third kappa shape index (κ3) is 3.92. The maximum atomic E-state index is 11.6. The molecule has 0 aromatic heterocycles. The first-order valence-electron chi connectivity index (χ1n) is 5.10. The first-order valence-corrected chi connectivity index (χ1v) is 5.63. The molecule has 0 unspecified atom stereocenters. The molecule has 0 radical (unpaired) electrons. The zero-order valence-corrected chi connectivity index (χ0v) is 9.59. The van der Waals surface area contributed by atoms with Crippen LogP contribution in [0.4, 0.5) is 0 Å². The third-order valence-corrected chi connectivity index (χ3v) is 2.27. The van der Waals surface area contributed by atoms with Crippen LogP contribution in [-0.4, -0.2) is 18.3 Å². The smallest absolute Gasteiger partial charge is 0.163 e. The number of benzene rings is 1. The topological polar surface area (TPSA) is 26.3 Å². The van der Waals surface area contributed by atoms with Crippen molar-refractivity contribution in [2.45, 2.75) is 19.8 Å². The lowest BCUT2D eigenvalue weighted by Crippen LogP contribution is -2.00. The predicted molar refractivity (Wildman–Crippen MR) is 61.9 cm³/mol. The highest BCUT2D eigenvalue weighted by Crippen LogP contribution is 2.15. The average Bonchev–Trinajstić information content (AvgIpc) is 2.27. The van der Waals surface area contributed by atoms with Gasteiger partial charge in [-0.05, 0) is 25.5 Å². The number of rotatable bonds is 6. The SMILES string of the molecule is CCOc1cccc(C(=O)CCCCl)c1. The van der Waals surface area contributed by atoms with E-state index in [9.17, 15) is 4.79 Å². The Hall–Kier alpha value is -1.02. The van der Waals surface area contributed by atoms with Crippen molar-refractivity contribution in [3.8, 4) is 5.75 Å². The van der Waals surface area contributed by atoms with E-state index >= 15 is 0 Å². The summed E-state index contributed by atoms with van der Waals surface area (Å²) in [6.45, 7) is 2.53. The summed E-state index contributed by atoms with van der Waals surface area (Å²) in [5, 5.41) is 0. The quantitative estimate of drug-likeness (QED) is 0.550. The van der Waals surface area contributed by atoms with Gasteiger partial charge in [0, 0.05) is 17.9 Å². The Balaban J connectivity index is 2.67. The minimum atomic E-state index is 0.122. The Kier molecular flexibility index (Phi) is 5.19. The molecule has 0 saturated heterocycles. The van der Waals surface area contributed by atoms with Gasteiger partial charge in [-0.2, -0.15) is 0 Å². The van der Waals surface area contributed by atoms with E-state index in [-0.39, 0.29) is 5.78 Å². The fourth-order valence-corrected chi connectivity index (χ4v) is 1.43. The molecule has 1 rings (SSSR count). The van der Waals surface area contributed by atoms with Crippen LogP contribution in [0.25, 0.3) is 0 Å². The molecular weight excluding hydrogens is 212 g/mol. The van der Waals surface area contributed by atoms with E-state index in [4.69, 9.17) is 16.3 Å². The van der Waals surface area contributed by atoms with E-state index < -0.39 is 0 Å². The molecule has 0 saturated carbocycles. The van der Waals surface area contributed by atoms with Crippen molar-refractivity contribution < 1.29 is 9.53 Å². The summed E-state index contributed by atoms with van der Waals surface area (Å²) in [6.07, 6.45) is 1.22. The van der Waals surface area contributed by atoms with Crippen molar-refractivity contribution in [3.63, 3.8) is 0 Å². The Morgan fingerprint density at radius 2 is 2.27 bits per heavy atom. The van der Waals surface area contributed by atoms with Crippen molar-refractivity contribution in [3.05, 3.63) is 29.8 Å². The second-order valence-corrected chi connectivity index (χ2v) is 3.55.